The molecule has 6 heteroatoms. The predicted molar refractivity (Wildman–Crippen MR) is 69.7 cm³/mol. The second-order valence-electron chi connectivity index (χ2n) is 4.96. The zero-order chi connectivity index (χ0) is 14.6. The molecule has 0 aliphatic carbocycles. The van der Waals surface area contributed by atoms with Gasteiger partial charge in [-0.3, -0.25) is 4.79 Å². The number of nitrogens with one attached hydrogen (secondary N) is 2. The lowest BCUT2D eigenvalue weighted by molar-refractivity contribution is -0.123. The molecular formula is C14H17F3N2O. The maximum absolute atomic E-state index is 12.0. The first-order chi connectivity index (χ1) is 9.46. The van der Waals surface area contributed by atoms with Gasteiger partial charge < -0.3 is 10.6 Å². The molecule has 3 nitrogen and oxygen atoms in total. The molecule has 1 fully saturated rings. The zero-order valence-electron chi connectivity index (χ0n) is 11.0. The summed E-state index contributed by atoms with van der Waals surface area (Å²) in [7, 11) is 0. The first-order valence-electron chi connectivity index (χ1n) is 6.61. The molecule has 0 aromatic heterocycles. The van der Waals surface area contributed by atoms with Crippen molar-refractivity contribution >= 4 is 5.91 Å². The van der Waals surface area contributed by atoms with Crippen LogP contribution in [0.1, 0.15) is 34.7 Å². The SMILES string of the molecule is O=C(NCC(F)(F)F)c1ccc(C2CCCNC2)cc1. The minimum atomic E-state index is -4.39. The van der Waals surface area contributed by atoms with Gasteiger partial charge in [-0.05, 0) is 43.0 Å². The molecule has 1 atom stereocenters. The summed E-state index contributed by atoms with van der Waals surface area (Å²) in [5, 5.41) is 5.16. The summed E-state index contributed by atoms with van der Waals surface area (Å²) in [6, 6.07) is 6.80. The Morgan fingerprint density at radius 2 is 2.00 bits per heavy atom. The molecule has 20 heavy (non-hydrogen) atoms. The van der Waals surface area contributed by atoms with E-state index in [1.165, 1.54) is 0 Å². The molecule has 1 aliphatic heterocycles. The number of amides is 1. The van der Waals surface area contributed by atoms with Gasteiger partial charge in [0.15, 0.2) is 0 Å². The first kappa shape index (κ1) is 14.8. The monoisotopic (exact) mass is 286 g/mol. The van der Waals surface area contributed by atoms with Crippen molar-refractivity contribution in [3.63, 3.8) is 0 Å². The Balaban J connectivity index is 1.95. The van der Waals surface area contributed by atoms with Gasteiger partial charge in [0.25, 0.3) is 5.91 Å². The number of halogens is 3. The van der Waals surface area contributed by atoms with E-state index in [1.807, 2.05) is 17.4 Å². The van der Waals surface area contributed by atoms with Crippen molar-refractivity contribution in [1.82, 2.24) is 10.6 Å². The highest BCUT2D eigenvalue weighted by molar-refractivity contribution is 5.94. The molecule has 0 spiro atoms. The second-order valence-corrected chi connectivity index (χ2v) is 4.96. The Hall–Kier alpha value is -1.56. The zero-order valence-corrected chi connectivity index (χ0v) is 11.0. The molecule has 110 valence electrons. The first-order valence-corrected chi connectivity index (χ1v) is 6.61. The van der Waals surface area contributed by atoms with Gasteiger partial charge >= 0.3 is 6.18 Å². The van der Waals surface area contributed by atoms with Crippen LogP contribution >= 0.6 is 0 Å². The maximum atomic E-state index is 12.0. The summed E-state index contributed by atoms with van der Waals surface area (Å²) in [5.74, 6) is -0.285. The van der Waals surface area contributed by atoms with Crippen LogP contribution in [0, 0.1) is 0 Å². The minimum Gasteiger partial charge on any atom is -0.343 e. The molecule has 1 amide bonds. The van der Waals surface area contributed by atoms with E-state index in [0.717, 1.165) is 31.5 Å². The van der Waals surface area contributed by atoms with Crippen molar-refractivity contribution in [2.24, 2.45) is 0 Å². The van der Waals surface area contributed by atoms with Gasteiger partial charge in [0.1, 0.15) is 6.54 Å². The normalized spacial score (nSPS) is 19.6. The summed E-state index contributed by atoms with van der Waals surface area (Å²) in [4.78, 5) is 11.6. The smallest absolute Gasteiger partial charge is 0.343 e. The summed E-state index contributed by atoms with van der Waals surface area (Å²) in [6.07, 6.45) is -2.19. The quantitative estimate of drug-likeness (QED) is 0.896. The van der Waals surface area contributed by atoms with Gasteiger partial charge in [0.05, 0.1) is 0 Å². The van der Waals surface area contributed by atoms with Crippen molar-refractivity contribution in [2.75, 3.05) is 19.6 Å². The number of piperidine rings is 1. The van der Waals surface area contributed by atoms with Crippen LogP contribution in [0.5, 0.6) is 0 Å². The number of hydrogen-bond acceptors (Lipinski definition) is 2. The van der Waals surface area contributed by atoms with E-state index in [1.54, 1.807) is 12.1 Å². The molecule has 1 aliphatic rings. The third-order valence-electron chi connectivity index (χ3n) is 3.39. The lowest BCUT2D eigenvalue weighted by atomic mass is 9.91. The van der Waals surface area contributed by atoms with E-state index in [9.17, 15) is 18.0 Å². The topological polar surface area (TPSA) is 41.1 Å². The van der Waals surface area contributed by atoms with Crippen molar-refractivity contribution in [1.29, 1.82) is 0 Å². The Labute approximate surface area is 115 Å². The van der Waals surface area contributed by atoms with Gasteiger partial charge in [0, 0.05) is 12.1 Å². The average Bonchev–Trinajstić information content (AvgIpc) is 2.45. The molecule has 0 radical (unpaired) electrons. The molecule has 0 bridgehead atoms. The Bertz CT molecular complexity index is 450. The summed E-state index contributed by atoms with van der Waals surface area (Å²) in [6.45, 7) is 0.619. The molecule has 2 N–H and O–H groups in total. The number of carbonyl (C=O) groups excluding carboxylic acids is 1. The molecule has 1 unspecified atom stereocenters. The molecule has 1 heterocycles. The predicted octanol–water partition coefficient (Wildman–Crippen LogP) is 2.45. The van der Waals surface area contributed by atoms with Gasteiger partial charge in [-0.15, -0.1) is 0 Å². The largest absolute Gasteiger partial charge is 0.405 e. The maximum Gasteiger partial charge on any atom is 0.405 e. The highest BCUT2D eigenvalue weighted by atomic mass is 19.4. The second kappa shape index (κ2) is 6.26. The van der Waals surface area contributed by atoms with Crippen LogP contribution in [0.4, 0.5) is 13.2 Å². The van der Waals surface area contributed by atoms with Crippen LogP contribution in [-0.4, -0.2) is 31.7 Å². The fourth-order valence-corrected chi connectivity index (χ4v) is 2.33. The lowest BCUT2D eigenvalue weighted by Gasteiger charge is -2.23. The number of carbonyl (C=O) groups is 1. The third-order valence-corrected chi connectivity index (χ3v) is 3.39. The number of hydrogen-bond donors (Lipinski definition) is 2. The highest BCUT2D eigenvalue weighted by Gasteiger charge is 2.27. The fourth-order valence-electron chi connectivity index (χ4n) is 2.33. The molecule has 1 saturated heterocycles. The Morgan fingerprint density at radius 1 is 1.30 bits per heavy atom. The minimum absolute atomic E-state index is 0.252. The van der Waals surface area contributed by atoms with E-state index >= 15 is 0 Å². The number of alkyl halides is 3. The summed E-state index contributed by atoms with van der Waals surface area (Å²) >= 11 is 0. The molecule has 0 saturated carbocycles. The van der Waals surface area contributed by atoms with Crippen LogP contribution in [-0.2, 0) is 0 Å². The van der Waals surface area contributed by atoms with Crippen molar-refractivity contribution < 1.29 is 18.0 Å². The summed E-state index contributed by atoms with van der Waals surface area (Å²) < 4.78 is 36.1. The van der Waals surface area contributed by atoms with Crippen molar-refractivity contribution in [3.8, 4) is 0 Å². The van der Waals surface area contributed by atoms with Gasteiger partial charge in [-0.1, -0.05) is 12.1 Å². The van der Waals surface area contributed by atoms with Gasteiger partial charge in [0.2, 0.25) is 0 Å². The van der Waals surface area contributed by atoms with Crippen LogP contribution in [0.25, 0.3) is 0 Å². The number of rotatable bonds is 3. The van der Waals surface area contributed by atoms with Crippen LogP contribution in [0.2, 0.25) is 0 Å². The van der Waals surface area contributed by atoms with E-state index < -0.39 is 18.6 Å². The average molecular weight is 286 g/mol. The Morgan fingerprint density at radius 3 is 2.55 bits per heavy atom. The summed E-state index contributed by atoms with van der Waals surface area (Å²) in [5.41, 5.74) is 1.37. The van der Waals surface area contributed by atoms with E-state index in [2.05, 4.69) is 5.32 Å². The molecule has 1 aromatic carbocycles. The molecular weight excluding hydrogens is 269 g/mol. The van der Waals surface area contributed by atoms with Crippen LogP contribution in [0.15, 0.2) is 24.3 Å². The van der Waals surface area contributed by atoms with Crippen molar-refractivity contribution in [3.05, 3.63) is 35.4 Å². The van der Waals surface area contributed by atoms with Crippen LogP contribution in [0.3, 0.4) is 0 Å². The van der Waals surface area contributed by atoms with Gasteiger partial charge in [-0.2, -0.15) is 13.2 Å². The van der Waals surface area contributed by atoms with Crippen LogP contribution < -0.4 is 10.6 Å². The Kier molecular flexibility index (Phi) is 4.65. The van der Waals surface area contributed by atoms with E-state index in [-0.39, 0.29) is 5.56 Å². The fraction of sp³-hybridized carbons (Fsp3) is 0.500. The third kappa shape index (κ3) is 4.23. The van der Waals surface area contributed by atoms with E-state index in [4.69, 9.17) is 0 Å². The molecule has 1 aromatic rings. The lowest BCUT2D eigenvalue weighted by Crippen LogP contribution is -2.33. The van der Waals surface area contributed by atoms with E-state index in [0.29, 0.717) is 5.92 Å². The standard InChI is InChI=1S/C14H17F3N2O/c15-14(16,17)9-19-13(20)11-5-3-10(4-6-11)12-2-1-7-18-8-12/h3-6,12,18H,1-2,7-9H2,(H,19,20). The van der Waals surface area contributed by atoms with Gasteiger partial charge in [-0.25, -0.2) is 0 Å². The van der Waals surface area contributed by atoms with Crippen molar-refractivity contribution in [2.45, 2.75) is 24.9 Å². The molecule has 2 rings (SSSR count). The highest BCUT2D eigenvalue weighted by Crippen LogP contribution is 2.23. The number of benzene rings is 1.